The highest BCUT2D eigenvalue weighted by molar-refractivity contribution is 5.94. The summed E-state index contributed by atoms with van der Waals surface area (Å²) >= 11 is 0. The molecule has 1 N–H and O–H groups in total. The van der Waals surface area contributed by atoms with Gasteiger partial charge in [0.2, 0.25) is 0 Å². The predicted molar refractivity (Wildman–Crippen MR) is 107 cm³/mol. The quantitative estimate of drug-likeness (QED) is 0.455. The molecule has 0 spiro atoms. The summed E-state index contributed by atoms with van der Waals surface area (Å²) in [5, 5.41) is 2.63. The molecule has 0 aliphatic carbocycles. The lowest BCUT2D eigenvalue weighted by molar-refractivity contribution is -0.147. The molecule has 0 bridgehead atoms. The highest BCUT2D eigenvalue weighted by atomic mass is 16.5. The average Bonchev–Trinajstić information content (AvgIpc) is 2.75. The van der Waals surface area contributed by atoms with Gasteiger partial charge >= 0.3 is 5.97 Å². The summed E-state index contributed by atoms with van der Waals surface area (Å²) in [6.45, 7) is -0.0346. The average molecular weight is 403 g/mol. The number of amides is 1. The summed E-state index contributed by atoms with van der Waals surface area (Å²) in [6.07, 6.45) is 0.613. The zero-order valence-electron chi connectivity index (χ0n) is 16.7. The fourth-order valence-corrected chi connectivity index (χ4v) is 2.39. The van der Waals surface area contributed by atoms with Crippen LogP contribution in [0.5, 0.6) is 23.0 Å². The first-order valence-corrected chi connectivity index (χ1v) is 9.00. The van der Waals surface area contributed by atoms with Gasteiger partial charge in [0.1, 0.15) is 23.0 Å². The molecule has 0 heterocycles. The first kappa shape index (κ1) is 21.9. The standard InChI is InChI=1S/C21H25NO7/c1-25-15-6-8-16(9-7-15)28-12-4-5-21(24)29-14-20(23)22-18-13-17(26-2)10-11-19(18)27-3/h6-11,13H,4-5,12,14H2,1-3H3,(H,22,23). The second-order valence-electron chi connectivity index (χ2n) is 5.90. The van der Waals surface area contributed by atoms with Crippen LogP contribution in [0.25, 0.3) is 0 Å². The molecule has 2 aromatic rings. The second-order valence-corrected chi connectivity index (χ2v) is 5.90. The summed E-state index contributed by atoms with van der Waals surface area (Å²) < 4.78 is 25.9. The van der Waals surface area contributed by atoms with Crippen molar-refractivity contribution in [3.05, 3.63) is 42.5 Å². The molecule has 0 unspecified atom stereocenters. The van der Waals surface area contributed by atoms with Crippen molar-refractivity contribution < 1.29 is 33.3 Å². The van der Waals surface area contributed by atoms with E-state index in [0.29, 0.717) is 36.0 Å². The fourth-order valence-electron chi connectivity index (χ4n) is 2.39. The van der Waals surface area contributed by atoms with Gasteiger partial charge in [0.05, 0.1) is 33.6 Å². The molecule has 0 aliphatic rings. The van der Waals surface area contributed by atoms with Crippen LogP contribution in [0.15, 0.2) is 42.5 Å². The van der Waals surface area contributed by atoms with E-state index in [1.807, 2.05) is 0 Å². The molecule has 156 valence electrons. The molecule has 0 saturated heterocycles. The number of carbonyl (C=O) groups is 2. The molecule has 2 rings (SSSR count). The van der Waals surface area contributed by atoms with Crippen molar-refractivity contribution in [3.8, 4) is 23.0 Å². The molecule has 0 aliphatic heterocycles. The minimum Gasteiger partial charge on any atom is -0.497 e. The van der Waals surface area contributed by atoms with Gasteiger partial charge < -0.3 is 29.0 Å². The molecule has 0 atom stereocenters. The van der Waals surface area contributed by atoms with Crippen LogP contribution in [0.3, 0.4) is 0 Å². The normalized spacial score (nSPS) is 10.0. The maximum atomic E-state index is 12.0. The maximum absolute atomic E-state index is 12.0. The van der Waals surface area contributed by atoms with Gasteiger partial charge in [-0.1, -0.05) is 0 Å². The zero-order chi connectivity index (χ0) is 21.1. The maximum Gasteiger partial charge on any atom is 0.306 e. The molecule has 1 amide bonds. The lowest BCUT2D eigenvalue weighted by Crippen LogP contribution is -2.21. The van der Waals surface area contributed by atoms with Crippen LogP contribution in [0.1, 0.15) is 12.8 Å². The third kappa shape index (κ3) is 7.25. The number of benzene rings is 2. The Morgan fingerprint density at radius 1 is 0.862 bits per heavy atom. The van der Waals surface area contributed by atoms with Gasteiger partial charge in [-0.05, 0) is 42.8 Å². The van der Waals surface area contributed by atoms with Crippen LogP contribution in [0.2, 0.25) is 0 Å². The molecule has 0 radical (unpaired) electrons. The Bertz CT molecular complexity index is 805. The van der Waals surface area contributed by atoms with Crippen LogP contribution in [0.4, 0.5) is 5.69 Å². The highest BCUT2D eigenvalue weighted by Gasteiger charge is 2.12. The van der Waals surface area contributed by atoms with E-state index in [0.717, 1.165) is 5.75 Å². The minimum absolute atomic E-state index is 0.145. The topological polar surface area (TPSA) is 92.3 Å². The summed E-state index contributed by atoms with van der Waals surface area (Å²) in [4.78, 5) is 23.8. The molecule has 0 fully saturated rings. The lowest BCUT2D eigenvalue weighted by atomic mass is 10.2. The van der Waals surface area contributed by atoms with Gasteiger partial charge in [-0.15, -0.1) is 0 Å². The molecule has 8 nitrogen and oxygen atoms in total. The SMILES string of the molecule is COc1ccc(OCCCC(=O)OCC(=O)Nc2cc(OC)ccc2OC)cc1. The van der Waals surface area contributed by atoms with Crippen molar-refractivity contribution in [2.45, 2.75) is 12.8 Å². The number of methoxy groups -OCH3 is 3. The third-order valence-corrected chi connectivity index (χ3v) is 3.90. The smallest absolute Gasteiger partial charge is 0.306 e. The predicted octanol–water partition coefficient (Wildman–Crippen LogP) is 3.05. The Morgan fingerprint density at radius 2 is 1.52 bits per heavy atom. The van der Waals surface area contributed by atoms with E-state index in [1.165, 1.54) is 14.2 Å². The Kier molecular flexibility index (Phi) is 8.62. The number of rotatable bonds is 11. The summed E-state index contributed by atoms with van der Waals surface area (Å²) in [5.74, 6) is 1.52. The van der Waals surface area contributed by atoms with Crippen molar-refractivity contribution in [3.63, 3.8) is 0 Å². The van der Waals surface area contributed by atoms with Gasteiger partial charge in [0.15, 0.2) is 6.61 Å². The van der Waals surface area contributed by atoms with E-state index in [4.69, 9.17) is 23.7 Å². The van der Waals surface area contributed by atoms with E-state index < -0.39 is 18.5 Å². The van der Waals surface area contributed by atoms with Gasteiger partial charge in [-0.3, -0.25) is 9.59 Å². The molecular formula is C21H25NO7. The summed E-state index contributed by atoms with van der Waals surface area (Å²) in [6, 6.07) is 12.2. The summed E-state index contributed by atoms with van der Waals surface area (Å²) in [7, 11) is 4.61. The van der Waals surface area contributed by atoms with E-state index in [1.54, 1.807) is 49.6 Å². The fraction of sp³-hybridized carbons (Fsp3) is 0.333. The number of ether oxygens (including phenoxy) is 5. The van der Waals surface area contributed by atoms with Crippen LogP contribution in [-0.2, 0) is 14.3 Å². The van der Waals surface area contributed by atoms with Gasteiger partial charge in [-0.2, -0.15) is 0 Å². The van der Waals surface area contributed by atoms with E-state index in [2.05, 4.69) is 5.32 Å². The number of esters is 1. The van der Waals surface area contributed by atoms with Crippen LogP contribution in [-0.4, -0.2) is 46.4 Å². The van der Waals surface area contributed by atoms with Crippen molar-refractivity contribution in [2.75, 3.05) is 39.9 Å². The van der Waals surface area contributed by atoms with Gasteiger partial charge in [0.25, 0.3) is 5.91 Å². The largest absolute Gasteiger partial charge is 0.497 e. The number of carbonyl (C=O) groups excluding carboxylic acids is 2. The number of hydrogen-bond donors (Lipinski definition) is 1. The van der Waals surface area contributed by atoms with E-state index >= 15 is 0 Å². The van der Waals surface area contributed by atoms with Gasteiger partial charge in [0, 0.05) is 12.5 Å². The second kappa shape index (κ2) is 11.4. The monoisotopic (exact) mass is 403 g/mol. The molecule has 0 saturated carbocycles. The number of hydrogen-bond acceptors (Lipinski definition) is 7. The van der Waals surface area contributed by atoms with E-state index in [-0.39, 0.29) is 6.42 Å². The molecule has 29 heavy (non-hydrogen) atoms. The van der Waals surface area contributed by atoms with Crippen LogP contribution >= 0.6 is 0 Å². The third-order valence-electron chi connectivity index (χ3n) is 3.90. The van der Waals surface area contributed by atoms with Crippen LogP contribution < -0.4 is 24.3 Å². The van der Waals surface area contributed by atoms with Crippen LogP contribution in [0, 0.1) is 0 Å². The Hall–Kier alpha value is -3.42. The molecule has 2 aromatic carbocycles. The molecular weight excluding hydrogens is 378 g/mol. The number of nitrogens with one attached hydrogen (secondary N) is 1. The molecule has 8 heteroatoms. The van der Waals surface area contributed by atoms with Gasteiger partial charge in [-0.25, -0.2) is 0 Å². The Labute approximate surface area is 169 Å². The van der Waals surface area contributed by atoms with E-state index in [9.17, 15) is 9.59 Å². The number of anilines is 1. The highest BCUT2D eigenvalue weighted by Crippen LogP contribution is 2.28. The lowest BCUT2D eigenvalue weighted by Gasteiger charge is -2.12. The van der Waals surface area contributed by atoms with Crippen molar-refractivity contribution in [2.24, 2.45) is 0 Å². The zero-order valence-corrected chi connectivity index (χ0v) is 16.7. The Morgan fingerprint density at radius 3 is 2.17 bits per heavy atom. The van der Waals surface area contributed by atoms with Crippen molar-refractivity contribution in [1.29, 1.82) is 0 Å². The Balaban J connectivity index is 1.68. The molecule has 0 aromatic heterocycles. The van der Waals surface area contributed by atoms with Crippen molar-refractivity contribution >= 4 is 17.6 Å². The van der Waals surface area contributed by atoms with Crippen molar-refractivity contribution in [1.82, 2.24) is 0 Å². The minimum atomic E-state index is -0.476. The first-order chi connectivity index (χ1) is 14.0. The summed E-state index contributed by atoms with van der Waals surface area (Å²) in [5.41, 5.74) is 0.431. The first-order valence-electron chi connectivity index (χ1n) is 9.00.